The van der Waals surface area contributed by atoms with Gasteiger partial charge in [-0.25, -0.2) is 9.97 Å². The van der Waals surface area contributed by atoms with Gasteiger partial charge in [-0.2, -0.15) is 0 Å². The number of nitrogens with zero attached hydrogens (tertiary/aromatic N) is 4. The van der Waals surface area contributed by atoms with Crippen LogP contribution in [0.3, 0.4) is 0 Å². The van der Waals surface area contributed by atoms with Crippen LogP contribution in [0.25, 0.3) is 21.3 Å². The molecule has 1 amide bonds. The van der Waals surface area contributed by atoms with Gasteiger partial charge in [0.15, 0.2) is 0 Å². The average Bonchev–Trinajstić information content (AvgIpc) is 3.25. The van der Waals surface area contributed by atoms with E-state index in [4.69, 9.17) is 0 Å². The first kappa shape index (κ1) is 14.8. The standard InChI is InChI=1S/C18H16N4OS/c1-21(8-9-22-11-19-14-4-2-3-5-16(14)22)18(23)13-6-7-15-17(10-13)24-12-20-15/h2-7,10-12H,8-9H2,1H3. The van der Waals surface area contributed by atoms with Crippen molar-refractivity contribution in [3.05, 3.63) is 59.9 Å². The topological polar surface area (TPSA) is 51.0 Å². The van der Waals surface area contributed by atoms with Gasteiger partial charge in [0.2, 0.25) is 0 Å². The van der Waals surface area contributed by atoms with E-state index in [2.05, 4.69) is 14.5 Å². The largest absolute Gasteiger partial charge is 0.340 e. The summed E-state index contributed by atoms with van der Waals surface area (Å²) in [5, 5.41) is 0. The van der Waals surface area contributed by atoms with Gasteiger partial charge >= 0.3 is 0 Å². The second kappa shape index (κ2) is 6.05. The predicted molar refractivity (Wildman–Crippen MR) is 96.3 cm³/mol. The van der Waals surface area contributed by atoms with Crippen molar-refractivity contribution in [1.82, 2.24) is 19.4 Å². The minimum Gasteiger partial charge on any atom is -0.340 e. The molecule has 0 bridgehead atoms. The fourth-order valence-electron chi connectivity index (χ4n) is 2.76. The minimum atomic E-state index is 0.0229. The molecule has 4 rings (SSSR count). The lowest BCUT2D eigenvalue weighted by Gasteiger charge is -2.17. The molecule has 120 valence electrons. The molecule has 0 fully saturated rings. The summed E-state index contributed by atoms with van der Waals surface area (Å²) in [4.78, 5) is 23.0. The summed E-state index contributed by atoms with van der Waals surface area (Å²) in [7, 11) is 1.83. The summed E-state index contributed by atoms with van der Waals surface area (Å²) in [6.45, 7) is 1.34. The van der Waals surface area contributed by atoms with E-state index in [9.17, 15) is 4.79 Å². The van der Waals surface area contributed by atoms with Gasteiger partial charge in [0.05, 0.1) is 33.1 Å². The van der Waals surface area contributed by atoms with Crippen LogP contribution in [0, 0.1) is 0 Å². The number of carbonyl (C=O) groups excluding carboxylic acids is 1. The maximum atomic E-state index is 12.6. The fourth-order valence-corrected chi connectivity index (χ4v) is 3.47. The number of likely N-dealkylation sites (N-methyl/N-ethyl adjacent to an activating group) is 1. The molecule has 0 aliphatic heterocycles. The normalized spacial score (nSPS) is 11.2. The smallest absolute Gasteiger partial charge is 0.253 e. The number of thiazole rings is 1. The monoisotopic (exact) mass is 336 g/mol. The molecule has 2 aromatic carbocycles. The second-order valence-corrected chi connectivity index (χ2v) is 6.57. The lowest BCUT2D eigenvalue weighted by molar-refractivity contribution is 0.0791. The van der Waals surface area contributed by atoms with Gasteiger partial charge in [0, 0.05) is 25.7 Å². The van der Waals surface area contributed by atoms with Crippen LogP contribution in [-0.4, -0.2) is 38.9 Å². The van der Waals surface area contributed by atoms with E-state index in [-0.39, 0.29) is 5.91 Å². The van der Waals surface area contributed by atoms with E-state index in [0.717, 1.165) is 21.3 Å². The molecule has 24 heavy (non-hydrogen) atoms. The van der Waals surface area contributed by atoms with Crippen LogP contribution in [0.2, 0.25) is 0 Å². The van der Waals surface area contributed by atoms with Crippen LogP contribution >= 0.6 is 11.3 Å². The summed E-state index contributed by atoms with van der Waals surface area (Å²) in [5.41, 5.74) is 5.49. The van der Waals surface area contributed by atoms with Crippen molar-refractivity contribution in [2.24, 2.45) is 0 Å². The van der Waals surface area contributed by atoms with Crippen LogP contribution < -0.4 is 0 Å². The molecular weight excluding hydrogens is 320 g/mol. The zero-order valence-electron chi connectivity index (χ0n) is 13.2. The summed E-state index contributed by atoms with van der Waals surface area (Å²) >= 11 is 1.55. The first-order valence-corrected chi connectivity index (χ1v) is 8.59. The van der Waals surface area contributed by atoms with E-state index in [1.54, 1.807) is 21.7 Å². The Bertz CT molecular complexity index is 1020. The van der Waals surface area contributed by atoms with Gasteiger partial charge < -0.3 is 9.47 Å². The Morgan fingerprint density at radius 2 is 2.04 bits per heavy atom. The van der Waals surface area contributed by atoms with Crippen molar-refractivity contribution >= 4 is 38.5 Å². The fraction of sp³-hybridized carbons (Fsp3) is 0.167. The molecule has 0 saturated heterocycles. The zero-order chi connectivity index (χ0) is 16.5. The van der Waals surface area contributed by atoms with Crippen molar-refractivity contribution in [3.63, 3.8) is 0 Å². The first-order chi connectivity index (χ1) is 11.7. The number of para-hydroxylation sites is 2. The number of hydrogen-bond acceptors (Lipinski definition) is 4. The van der Waals surface area contributed by atoms with E-state index in [1.165, 1.54) is 0 Å². The summed E-state index contributed by atoms with van der Waals surface area (Å²) in [5.74, 6) is 0.0229. The van der Waals surface area contributed by atoms with E-state index >= 15 is 0 Å². The van der Waals surface area contributed by atoms with Crippen LogP contribution in [0.4, 0.5) is 0 Å². The van der Waals surface area contributed by atoms with Crippen LogP contribution in [0.5, 0.6) is 0 Å². The molecule has 0 spiro atoms. The van der Waals surface area contributed by atoms with Gasteiger partial charge in [-0.05, 0) is 30.3 Å². The quantitative estimate of drug-likeness (QED) is 0.574. The van der Waals surface area contributed by atoms with Gasteiger partial charge in [-0.1, -0.05) is 12.1 Å². The summed E-state index contributed by atoms with van der Waals surface area (Å²) < 4.78 is 3.11. The number of imidazole rings is 1. The molecule has 5 nitrogen and oxygen atoms in total. The highest BCUT2D eigenvalue weighted by Crippen LogP contribution is 2.20. The van der Waals surface area contributed by atoms with Gasteiger partial charge in [0.1, 0.15) is 0 Å². The van der Waals surface area contributed by atoms with Gasteiger partial charge in [0.25, 0.3) is 5.91 Å². The third kappa shape index (κ3) is 2.65. The SMILES string of the molecule is CN(CCn1cnc2ccccc21)C(=O)c1ccc2ncsc2c1. The molecule has 0 saturated carbocycles. The van der Waals surface area contributed by atoms with Crippen LogP contribution in [0.15, 0.2) is 54.3 Å². The van der Waals surface area contributed by atoms with Crippen LogP contribution in [-0.2, 0) is 6.54 Å². The molecule has 0 aliphatic rings. The third-order valence-corrected chi connectivity index (χ3v) is 4.92. The Labute approximate surface area is 143 Å². The minimum absolute atomic E-state index is 0.0229. The highest BCUT2D eigenvalue weighted by molar-refractivity contribution is 7.16. The van der Waals surface area contributed by atoms with Crippen molar-refractivity contribution in [2.45, 2.75) is 6.54 Å². The number of hydrogen-bond donors (Lipinski definition) is 0. The van der Waals surface area contributed by atoms with E-state index in [0.29, 0.717) is 18.7 Å². The highest BCUT2D eigenvalue weighted by atomic mass is 32.1. The van der Waals surface area contributed by atoms with Crippen molar-refractivity contribution in [3.8, 4) is 0 Å². The number of amides is 1. The molecule has 0 N–H and O–H groups in total. The zero-order valence-corrected chi connectivity index (χ0v) is 14.0. The first-order valence-electron chi connectivity index (χ1n) is 7.71. The molecule has 0 radical (unpaired) electrons. The Balaban J connectivity index is 1.49. The molecule has 0 atom stereocenters. The number of benzene rings is 2. The molecule has 0 aliphatic carbocycles. The Morgan fingerprint density at radius 1 is 1.17 bits per heavy atom. The van der Waals surface area contributed by atoms with Crippen molar-refractivity contribution in [2.75, 3.05) is 13.6 Å². The summed E-state index contributed by atoms with van der Waals surface area (Å²) in [6, 6.07) is 13.7. The maximum absolute atomic E-state index is 12.6. The molecule has 2 heterocycles. The van der Waals surface area contributed by atoms with Crippen molar-refractivity contribution in [1.29, 1.82) is 0 Å². The van der Waals surface area contributed by atoms with Crippen LogP contribution in [0.1, 0.15) is 10.4 Å². The molecular formula is C18H16N4OS. The van der Waals surface area contributed by atoms with Gasteiger partial charge in [-0.3, -0.25) is 4.79 Å². The molecule has 6 heteroatoms. The average molecular weight is 336 g/mol. The predicted octanol–water partition coefficient (Wildman–Crippen LogP) is 3.42. The van der Waals surface area contributed by atoms with Gasteiger partial charge in [-0.15, -0.1) is 11.3 Å². The summed E-state index contributed by atoms with van der Waals surface area (Å²) in [6.07, 6.45) is 1.83. The van der Waals surface area contributed by atoms with E-state index < -0.39 is 0 Å². The number of fused-ring (bicyclic) bond motifs is 2. The van der Waals surface area contributed by atoms with Crippen molar-refractivity contribution < 1.29 is 4.79 Å². The Kier molecular flexibility index (Phi) is 3.74. The third-order valence-electron chi connectivity index (χ3n) is 4.13. The number of rotatable bonds is 4. The Morgan fingerprint density at radius 3 is 2.96 bits per heavy atom. The molecule has 0 unspecified atom stereocenters. The lowest BCUT2D eigenvalue weighted by atomic mass is 10.2. The molecule has 2 aromatic heterocycles. The number of aromatic nitrogens is 3. The molecule has 4 aromatic rings. The Hall–Kier alpha value is -2.73. The number of carbonyl (C=O) groups is 1. The second-order valence-electron chi connectivity index (χ2n) is 5.69. The highest BCUT2D eigenvalue weighted by Gasteiger charge is 2.13. The van der Waals surface area contributed by atoms with E-state index in [1.807, 2.05) is 55.8 Å². The maximum Gasteiger partial charge on any atom is 0.253 e. The lowest BCUT2D eigenvalue weighted by Crippen LogP contribution is -2.29.